The van der Waals surface area contributed by atoms with E-state index in [1.54, 1.807) is 18.6 Å². The van der Waals surface area contributed by atoms with Crippen molar-refractivity contribution in [3.63, 3.8) is 0 Å². The van der Waals surface area contributed by atoms with Crippen molar-refractivity contribution in [3.8, 4) is 22.8 Å². The Labute approximate surface area is 121 Å². The molecule has 0 aliphatic rings. The lowest BCUT2D eigenvalue weighted by atomic mass is 10.0. The first-order valence-electron chi connectivity index (χ1n) is 6.76. The summed E-state index contributed by atoms with van der Waals surface area (Å²) in [4.78, 5) is 8.38. The number of aromatic nitrogens is 2. The van der Waals surface area contributed by atoms with Gasteiger partial charge in [0.05, 0.1) is 6.20 Å². The molecule has 0 radical (unpaired) electrons. The first-order chi connectivity index (χ1) is 10.4. The molecule has 0 aliphatic heterocycles. The lowest BCUT2D eigenvalue weighted by Gasteiger charge is -2.03. The smallest absolute Gasteiger partial charge is 0.226 e. The van der Waals surface area contributed by atoms with Crippen LogP contribution in [0.4, 0.5) is 0 Å². The largest absolute Gasteiger partial charge is 0.436 e. The van der Waals surface area contributed by atoms with E-state index < -0.39 is 0 Å². The lowest BCUT2D eigenvalue weighted by molar-refractivity contribution is 0.589. The first-order valence-corrected chi connectivity index (χ1v) is 6.76. The molecule has 0 spiro atoms. The molecule has 3 heteroatoms. The van der Waals surface area contributed by atoms with Gasteiger partial charge in [0, 0.05) is 23.5 Å². The van der Waals surface area contributed by atoms with E-state index in [4.69, 9.17) is 4.42 Å². The highest BCUT2D eigenvalue weighted by molar-refractivity contribution is 5.95. The molecule has 2 heterocycles. The third-order valence-corrected chi connectivity index (χ3v) is 3.49. The number of nitrogens with zero attached hydrogens (tertiary/aromatic N) is 2. The van der Waals surface area contributed by atoms with E-state index in [1.807, 2.05) is 30.3 Å². The fraction of sp³-hybridized carbons (Fsp3) is 0. The Hall–Kier alpha value is -2.94. The molecular weight excluding hydrogens is 260 g/mol. The molecule has 0 N–H and O–H groups in total. The molecule has 2 aromatic carbocycles. The maximum Gasteiger partial charge on any atom is 0.226 e. The number of oxazole rings is 1. The van der Waals surface area contributed by atoms with E-state index in [-0.39, 0.29) is 0 Å². The molecule has 4 aromatic rings. The second-order valence-corrected chi connectivity index (χ2v) is 4.79. The highest BCUT2D eigenvalue weighted by atomic mass is 16.4. The van der Waals surface area contributed by atoms with Gasteiger partial charge in [-0.1, -0.05) is 42.5 Å². The Kier molecular flexibility index (Phi) is 2.75. The Balaban J connectivity index is 1.85. The molecule has 3 nitrogen and oxygen atoms in total. The summed E-state index contributed by atoms with van der Waals surface area (Å²) in [5.74, 6) is 1.39. The number of pyridine rings is 1. The summed E-state index contributed by atoms with van der Waals surface area (Å²) in [6.07, 6.45) is 5.24. The Morgan fingerprint density at radius 3 is 2.52 bits per heavy atom. The van der Waals surface area contributed by atoms with Crippen LogP contribution >= 0.6 is 0 Å². The molecule has 0 saturated heterocycles. The van der Waals surface area contributed by atoms with E-state index in [0.717, 1.165) is 22.3 Å². The van der Waals surface area contributed by atoms with Gasteiger partial charge in [0.1, 0.15) is 0 Å². The van der Waals surface area contributed by atoms with Gasteiger partial charge in [-0.15, -0.1) is 0 Å². The van der Waals surface area contributed by atoms with Crippen molar-refractivity contribution in [1.29, 1.82) is 0 Å². The predicted octanol–water partition coefficient (Wildman–Crippen LogP) is 4.56. The minimum Gasteiger partial charge on any atom is -0.436 e. The zero-order valence-corrected chi connectivity index (χ0v) is 11.2. The van der Waals surface area contributed by atoms with E-state index in [2.05, 4.69) is 34.2 Å². The first kappa shape index (κ1) is 11.9. The topological polar surface area (TPSA) is 38.9 Å². The van der Waals surface area contributed by atoms with Crippen LogP contribution in [0.5, 0.6) is 0 Å². The third-order valence-electron chi connectivity index (χ3n) is 3.49. The molecule has 2 aromatic heterocycles. The second kappa shape index (κ2) is 4.87. The van der Waals surface area contributed by atoms with Crippen molar-refractivity contribution in [2.45, 2.75) is 0 Å². The molecule has 0 bridgehead atoms. The van der Waals surface area contributed by atoms with Crippen LogP contribution in [0.15, 0.2) is 77.6 Å². The van der Waals surface area contributed by atoms with Crippen molar-refractivity contribution in [2.24, 2.45) is 0 Å². The van der Waals surface area contributed by atoms with E-state index in [1.165, 1.54) is 5.39 Å². The van der Waals surface area contributed by atoms with Crippen LogP contribution in [-0.4, -0.2) is 9.97 Å². The van der Waals surface area contributed by atoms with Crippen LogP contribution in [-0.2, 0) is 0 Å². The summed E-state index contributed by atoms with van der Waals surface area (Å²) in [6, 6.07) is 18.2. The summed E-state index contributed by atoms with van der Waals surface area (Å²) >= 11 is 0. The average Bonchev–Trinajstić information content (AvgIpc) is 3.05. The van der Waals surface area contributed by atoms with Gasteiger partial charge in [-0.05, 0) is 22.9 Å². The summed E-state index contributed by atoms with van der Waals surface area (Å²) in [7, 11) is 0. The standard InChI is InChI=1S/C18H12N2O/c1-2-6-15-13(4-1)5-3-7-16(15)17-12-20-18(21-17)14-8-10-19-11-9-14/h1-12H. The molecule has 21 heavy (non-hydrogen) atoms. The van der Waals surface area contributed by atoms with Crippen molar-refractivity contribution in [2.75, 3.05) is 0 Å². The Bertz CT molecular complexity index is 892. The summed E-state index contributed by atoms with van der Waals surface area (Å²) in [5.41, 5.74) is 1.98. The summed E-state index contributed by atoms with van der Waals surface area (Å²) < 4.78 is 5.92. The van der Waals surface area contributed by atoms with Gasteiger partial charge in [-0.3, -0.25) is 4.98 Å². The van der Waals surface area contributed by atoms with Gasteiger partial charge < -0.3 is 4.42 Å². The zero-order chi connectivity index (χ0) is 14.1. The zero-order valence-electron chi connectivity index (χ0n) is 11.2. The molecular formula is C18H12N2O. The highest BCUT2D eigenvalue weighted by Crippen LogP contribution is 2.31. The molecule has 0 aliphatic carbocycles. The van der Waals surface area contributed by atoms with Crippen LogP contribution in [0.1, 0.15) is 0 Å². The predicted molar refractivity (Wildman–Crippen MR) is 82.7 cm³/mol. The molecule has 0 amide bonds. The van der Waals surface area contributed by atoms with Crippen LogP contribution in [0.2, 0.25) is 0 Å². The van der Waals surface area contributed by atoms with Crippen molar-refractivity contribution in [3.05, 3.63) is 73.2 Å². The quantitative estimate of drug-likeness (QED) is 0.537. The number of benzene rings is 2. The van der Waals surface area contributed by atoms with Gasteiger partial charge in [0.2, 0.25) is 5.89 Å². The lowest BCUT2D eigenvalue weighted by Crippen LogP contribution is -1.78. The molecule has 100 valence electrons. The van der Waals surface area contributed by atoms with Crippen LogP contribution in [0.3, 0.4) is 0 Å². The number of hydrogen-bond acceptors (Lipinski definition) is 3. The number of fused-ring (bicyclic) bond motifs is 1. The van der Waals surface area contributed by atoms with Gasteiger partial charge >= 0.3 is 0 Å². The van der Waals surface area contributed by atoms with Crippen molar-refractivity contribution < 1.29 is 4.42 Å². The Morgan fingerprint density at radius 2 is 1.62 bits per heavy atom. The fourth-order valence-electron chi connectivity index (χ4n) is 2.47. The van der Waals surface area contributed by atoms with Gasteiger partial charge in [0.25, 0.3) is 0 Å². The van der Waals surface area contributed by atoms with Gasteiger partial charge in [0.15, 0.2) is 5.76 Å². The third kappa shape index (κ3) is 2.09. The summed E-state index contributed by atoms with van der Waals surface area (Å²) in [5, 5.41) is 2.36. The fourth-order valence-corrected chi connectivity index (χ4v) is 2.47. The van der Waals surface area contributed by atoms with Gasteiger partial charge in [-0.2, -0.15) is 0 Å². The molecule has 0 unspecified atom stereocenters. The average molecular weight is 272 g/mol. The van der Waals surface area contributed by atoms with Crippen molar-refractivity contribution in [1.82, 2.24) is 9.97 Å². The van der Waals surface area contributed by atoms with Gasteiger partial charge in [-0.25, -0.2) is 4.98 Å². The molecule has 0 saturated carbocycles. The maximum absolute atomic E-state index is 5.92. The maximum atomic E-state index is 5.92. The van der Waals surface area contributed by atoms with Crippen molar-refractivity contribution >= 4 is 10.8 Å². The summed E-state index contributed by atoms with van der Waals surface area (Å²) in [6.45, 7) is 0. The molecule has 0 atom stereocenters. The normalized spacial score (nSPS) is 10.9. The van der Waals surface area contributed by atoms with E-state index in [9.17, 15) is 0 Å². The monoisotopic (exact) mass is 272 g/mol. The van der Waals surface area contributed by atoms with E-state index in [0.29, 0.717) is 5.89 Å². The van der Waals surface area contributed by atoms with Crippen LogP contribution < -0.4 is 0 Å². The highest BCUT2D eigenvalue weighted by Gasteiger charge is 2.10. The number of rotatable bonds is 2. The minimum atomic E-state index is 0.611. The molecule has 0 fully saturated rings. The van der Waals surface area contributed by atoms with Crippen LogP contribution in [0, 0.1) is 0 Å². The Morgan fingerprint density at radius 1 is 0.810 bits per heavy atom. The van der Waals surface area contributed by atoms with Crippen LogP contribution in [0.25, 0.3) is 33.6 Å². The number of hydrogen-bond donors (Lipinski definition) is 0. The molecule has 4 rings (SSSR count). The SMILES string of the molecule is c1ccc2c(-c3cnc(-c4ccncc4)o3)cccc2c1. The second-order valence-electron chi connectivity index (χ2n) is 4.79. The van der Waals surface area contributed by atoms with E-state index >= 15 is 0 Å². The minimum absolute atomic E-state index is 0.611.